The quantitative estimate of drug-likeness (QED) is 0.792. The number of amides is 1. The van der Waals surface area contributed by atoms with Crippen molar-refractivity contribution in [3.8, 4) is 5.75 Å². The Kier molecular flexibility index (Phi) is 3.50. The van der Waals surface area contributed by atoms with E-state index in [2.05, 4.69) is 0 Å². The predicted octanol–water partition coefficient (Wildman–Crippen LogP) is 0.866. The number of rotatable bonds is 4. The molecule has 0 bridgehead atoms. The van der Waals surface area contributed by atoms with Gasteiger partial charge in [-0.2, -0.15) is 0 Å². The van der Waals surface area contributed by atoms with Crippen molar-refractivity contribution in [2.45, 2.75) is 13.8 Å². The number of carbonyl (C=O) groups is 2. The second-order valence-electron chi connectivity index (χ2n) is 3.50. The number of benzene rings is 1. The molecule has 0 aliphatic heterocycles. The summed E-state index contributed by atoms with van der Waals surface area (Å²) in [6, 6.07) is 2.98. The highest BCUT2D eigenvalue weighted by Crippen LogP contribution is 2.24. The molecule has 0 unspecified atom stereocenters. The van der Waals surface area contributed by atoms with Crippen molar-refractivity contribution in [1.82, 2.24) is 0 Å². The SMILES string of the molecule is Cc1cc(C(=O)O)cc(C)c1OCC(N)=O. The molecule has 0 atom stereocenters. The first kappa shape index (κ1) is 12.0. The molecule has 1 amide bonds. The van der Waals surface area contributed by atoms with E-state index in [-0.39, 0.29) is 12.2 Å². The monoisotopic (exact) mass is 223 g/mol. The molecule has 0 saturated heterocycles. The van der Waals surface area contributed by atoms with Crippen LogP contribution in [-0.2, 0) is 4.79 Å². The van der Waals surface area contributed by atoms with Crippen LogP contribution >= 0.6 is 0 Å². The van der Waals surface area contributed by atoms with Gasteiger partial charge in [0, 0.05) is 0 Å². The second kappa shape index (κ2) is 4.65. The lowest BCUT2D eigenvalue weighted by Gasteiger charge is -2.11. The summed E-state index contributed by atoms with van der Waals surface area (Å²) in [5.74, 6) is -1.06. The van der Waals surface area contributed by atoms with E-state index < -0.39 is 11.9 Å². The fourth-order valence-corrected chi connectivity index (χ4v) is 1.44. The lowest BCUT2D eigenvalue weighted by molar-refractivity contribution is -0.119. The smallest absolute Gasteiger partial charge is 0.335 e. The Labute approximate surface area is 92.8 Å². The van der Waals surface area contributed by atoms with E-state index >= 15 is 0 Å². The minimum Gasteiger partial charge on any atom is -0.483 e. The molecule has 0 aliphatic rings. The van der Waals surface area contributed by atoms with Crippen LogP contribution in [0.4, 0.5) is 0 Å². The number of carboxylic acid groups (broad SMARTS) is 1. The first-order chi connectivity index (χ1) is 7.41. The number of aromatic carboxylic acids is 1. The molecule has 0 aromatic heterocycles. The molecule has 0 fully saturated rings. The Hall–Kier alpha value is -2.04. The van der Waals surface area contributed by atoms with E-state index in [1.54, 1.807) is 13.8 Å². The molecule has 5 heteroatoms. The van der Waals surface area contributed by atoms with Gasteiger partial charge in [0.25, 0.3) is 5.91 Å². The summed E-state index contributed by atoms with van der Waals surface area (Å²) >= 11 is 0. The molecule has 0 spiro atoms. The molecule has 1 rings (SSSR count). The van der Waals surface area contributed by atoms with Gasteiger partial charge in [-0.3, -0.25) is 4.79 Å². The summed E-state index contributed by atoms with van der Waals surface area (Å²) in [6.45, 7) is 3.22. The average molecular weight is 223 g/mol. The molecule has 1 aromatic rings. The van der Waals surface area contributed by atoms with Gasteiger partial charge in [0.1, 0.15) is 5.75 Å². The third kappa shape index (κ3) is 2.73. The Balaban J connectivity index is 3.03. The van der Waals surface area contributed by atoms with Gasteiger partial charge in [0.2, 0.25) is 0 Å². The Morgan fingerprint density at radius 2 is 1.81 bits per heavy atom. The molecule has 0 aliphatic carbocycles. The number of carboxylic acids is 1. The highest BCUT2D eigenvalue weighted by Gasteiger charge is 2.11. The van der Waals surface area contributed by atoms with Gasteiger partial charge in [-0.1, -0.05) is 0 Å². The van der Waals surface area contributed by atoms with Crippen molar-refractivity contribution in [1.29, 1.82) is 0 Å². The molecule has 5 nitrogen and oxygen atoms in total. The fourth-order valence-electron chi connectivity index (χ4n) is 1.44. The van der Waals surface area contributed by atoms with Crippen molar-refractivity contribution in [3.63, 3.8) is 0 Å². The van der Waals surface area contributed by atoms with Crippen LogP contribution in [-0.4, -0.2) is 23.6 Å². The van der Waals surface area contributed by atoms with Crippen molar-refractivity contribution < 1.29 is 19.4 Å². The van der Waals surface area contributed by atoms with E-state index in [1.165, 1.54) is 12.1 Å². The second-order valence-corrected chi connectivity index (χ2v) is 3.50. The number of primary amides is 1. The molecule has 0 heterocycles. The maximum Gasteiger partial charge on any atom is 0.335 e. The highest BCUT2D eigenvalue weighted by molar-refractivity contribution is 5.88. The number of nitrogens with two attached hydrogens (primary N) is 1. The van der Waals surface area contributed by atoms with Crippen LogP contribution in [0.15, 0.2) is 12.1 Å². The summed E-state index contributed by atoms with van der Waals surface area (Å²) in [4.78, 5) is 21.3. The normalized spacial score (nSPS) is 9.88. The number of aryl methyl sites for hydroxylation is 2. The van der Waals surface area contributed by atoms with E-state index in [0.29, 0.717) is 16.9 Å². The summed E-state index contributed by atoms with van der Waals surface area (Å²) in [5, 5.41) is 8.83. The predicted molar refractivity (Wildman–Crippen MR) is 57.6 cm³/mol. The summed E-state index contributed by atoms with van der Waals surface area (Å²) in [7, 11) is 0. The summed E-state index contributed by atoms with van der Waals surface area (Å²) in [5.41, 5.74) is 6.49. The largest absolute Gasteiger partial charge is 0.483 e. The molecule has 16 heavy (non-hydrogen) atoms. The van der Waals surface area contributed by atoms with Gasteiger partial charge in [0.15, 0.2) is 6.61 Å². The highest BCUT2D eigenvalue weighted by atomic mass is 16.5. The first-order valence-electron chi connectivity index (χ1n) is 4.67. The number of hydrogen-bond donors (Lipinski definition) is 2. The minimum absolute atomic E-state index is 0.196. The maximum absolute atomic E-state index is 10.8. The van der Waals surface area contributed by atoms with Crippen LogP contribution in [0.5, 0.6) is 5.75 Å². The van der Waals surface area contributed by atoms with Crippen LogP contribution in [0.3, 0.4) is 0 Å². The topological polar surface area (TPSA) is 89.6 Å². The average Bonchev–Trinajstić information content (AvgIpc) is 2.15. The van der Waals surface area contributed by atoms with Crippen LogP contribution in [0.25, 0.3) is 0 Å². The lowest BCUT2D eigenvalue weighted by Crippen LogP contribution is -2.20. The molecule has 86 valence electrons. The zero-order valence-electron chi connectivity index (χ0n) is 9.11. The molecular formula is C11H13NO4. The van der Waals surface area contributed by atoms with Gasteiger partial charge in [-0.05, 0) is 37.1 Å². The van der Waals surface area contributed by atoms with Crippen molar-refractivity contribution >= 4 is 11.9 Å². The summed E-state index contributed by atoms with van der Waals surface area (Å²) < 4.78 is 5.20. The van der Waals surface area contributed by atoms with Crippen LogP contribution in [0.2, 0.25) is 0 Å². The third-order valence-electron chi connectivity index (χ3n) is 2.07. The van der Waals surface area contributed by atoms with Crippen LogP contribution < -0.4 is 10.5 Å². The maximum atomic E-state index is 10.8. The zero-order chi connectivity index (χ0) is 12.3. The molecule has 0 saturated carbocycles. The fraction of sp³-hybridized carbons (Fsp3) is 0.273. The van der Waals surface area contributed by atoms with E-state index in [4.69, 9.17) is 15.6 Å². The minimum atomic E-state index is -0.993. The van der Waals surface area contributed by atoms with Gasteiger partial charge < -0.3 is 15.6 Å². The Bertz CT molecular complexity index is 417. The number of hydrogen-bond acceptors (Lipinski definition) is 3. The molecule has 0 radical (unpaired) electrons. The van der Waals surface area contributed by atoms with Gasteiger partial charge in [-0.15, -0.1) is 0 Å². The van der Waals surface area contributed by atoms with Gasteiger partial charge >= 0.3 is 5.97 Å². The molecule has 1 aromatic carbocycles. The van der Waals surface area contributed by atoms with Crippen LogP contribution in [0, 0.1) is 13.8 Å². The standard InChI is InChI=1S/C11H13NO4/c1-6-3-8(11(14)15)4-7(2)10(6)16-5-9(12)13/h3-4H,5H2,1-2H3,(H2,12,13)(H,14,15). The van der Waals surface area contributed by atoms with Crippen molar-refractivity contribution in [3.05, 3.63) is 28.8 Å². The number of ether oxygens (including phenoxy) is 1. The van der Waals surface area contributed by atoms with E-state index in [1.807, 2.05) is 0 Å². The zero-order valence-corrected chi connectivity index (χ0v) is 9.11. The van der Waals surface area contributed by atoms with E-state index in [9.17, 15) is 9.59 Å². The first-order valence-corrected chi connectivity index (χ1v) is 4.67. The number of carbonyl (C=O) groups excluding carboxylic acids is 1. The molecule has 3 N–H and O–H groups in total. The van der Waals surface area contributed by atoms with Crippen LogP contribution in [0.1, 0.15) is 21.5 Å². The van der Waals surface area contributed by atoms with Crippen molar-refractivity contribution in [2.24, 2.45) is 5.73 Å². The molecular weight excluding hydrogens is 210 g/mol. The summed E-state index contributed by atoms with van der Waals surface area (Å²) in [6.07, 6.45) is 0. The third-order valence-corrected chi connectivity index (χ3v) is 2.07. The van der Waals surface area contributed by atoms with Gasteiger partial charge in [-0.25, -0.2) is 4.79 Å². The van der Waals surface area contributed by atoms with Gasteiger partial charge in [0.05, 0.1) is 5.56 Å². The lowest BCUT2D eigenvalue weighted by atomic mass is 10.1. The Morgan fingerprint density at radius 3 is 2.19 bits per heavy atom. The van der Waals surface area contributed by atoms with E-state index in [0.717, 1.165) is 0 Å². The van der Waals surface area contributed by atoms with Crippen molar-refractivity contribution in [2.75, 3.05) is 6.61 Å². The Morgan fingerprint density at radius 1 is 1.31 bits per heavy atom.